The van der Waals surface area contributed by atoms with E-state index in [1.807, 2.05) is 59.1 Å². The van der Waals surface area contributed by atoms with E-state index >= 15 is 0 Å². The van der Waals surface area contributed by atoms with Gasteiger partial charge in [-0.2, -0.15) is 0 Å². The summed E-state index contributed by atoms with van der Waals surface area (Å²) in [7, 11) is 3.22. The minimum Gasteiger partial charge on any atom is -0.497 e. The number of nitrogens with zero attached hydrogens (tertiary/aromatic N) is 3. The van der Waals surface area contributed by atoms with Crippen molar-refractivity contribution in [3.8, 4) is 11.5 Å². The van der Waals surface area contributed by atoms with Gasteiger partial charge in [-0.15, -0.1) is 0 Å². The summed E-state index contributed by atoms with van der Waals surface area (Å²) in [5, 5.41) is 2.95. The number of nitrogens with one attached hydrogen (secondary N) is 1. The molecule has 0 unspecified atom stereocenters. The van der Waals surface area contributed by atoms with E-state index in [-0.39, 0.29) is 11.5 Å². The van der Waals surface area contributed by atoms with Crippen molar-refractivity contribution in [3.05, 3.63) is 106 Å². The molecule has 182 valence electrons. The molecule has 0 aliphatic rings. The molecule has 2 aromatic carbocycles. The Hall–Kier alpha value is -4.59. The molecule has 0 saturated carbocycles. The summed E-state index contributed by atoms with van der Waals surface area (Å²) >= 11 is 0. The van der Waals surface area contributed by atoms with Gasteiger partial charge < -0.3 is 19.2 Å². The predicted molar refractivity (Wildman–Crippen MR) is 138 cm³/mol. The van der Waals surface area contributed by atoms with Gasteiger partial charge in [0.15, 0.2) is 5.65 Å². The molecule has 0 bridgehead atoms. The summed E-state index contributed by atoms with van der Waals surface area (Å²) in [4.78, 5) is 30.3. The highest BCUT2D eigenvalue weighted by Gasteiger charge is 2.13. The molecule has 0 radical (unpaired) electrons. The number of rotatable bonds is 8. The third-order valence-corrected chi connectivity index (χ3v) is 6.23. The lowest BCUT2D eigenvalue weighted by molar-refractivity contribution is 0.0954. The van der Waals surface area contributed by atoms with Crippen molar-refractivity contribution in [2.24, 2.45) is 0 Å². The maximum Gasteiger partial charge on any atom is 0.276 e. The first-order chi connectivity index (χ1) is 17.6. The van der Waals surface area contributed by atoms with Gasteiger partial charge in [-0.25, -0.2) is 4.98 Å². The Bertz CT molecular complexity index is 1600. The quantitative estimate of drug-likeness (QED) is 0.365. The zero-order valence-corrected chi connectivity index (χ0v) is 20.1. The summed E-state index contributed by atoms with van der Waals surface area (Å²) in [6.07, 6.45) is 4.17. The van der Waals surface area contributed by atoms with Gasteiger partial charge >= 0.3 is 0 Å². The van der Waals surface area contributed by atoms with Crippen molar-refractivity contribution in [1.82, 2.24) is 19.3 Å². The van der Waals surface area contributed by atoms with Gasteiger partial charge in [0.2, 0.25) is 0 Å². The highest BCUT2D eigenvalue weighted by molar-refractivity contribution is 5.94. The third-order valence-electron chi connectivity index (χ3n) is 6.23. The van der Waals surface area contributed by atoms with Crippen LogP contribution >= 0.6 is 0 Å². The number of amides is 1. The third kappa shape index (κ3) is 4.40. The molecule has 5 rings (SSSR count). The van der Waals surface area contributed by atoms with Gasteiger partial charge in [0.05, 0.1) is 26.3 Å². The van der Waals surface area contributed by atoms with Gasteiger partial charge in [-0.05, 0) is 60.0 Å². The molecule has 1 N–H and O–H groups in total. The number of hydrogen-bond donors (Lipinski definition) is 1. The molecule has 5 aromatic rings. The first-order valence-corrected chi connectivity index (χ1v) is 11.6. The molecule has 3 aromatic heterocycles. The summed E-state index contributed by atoms with van der Waals surface area (Å²) in [5.74, 6) is 1.29. The maximum absolute atomic E-state index is 13.1. The number of benzene rings is 2. The standard InChI is InChI=1S/C28H26N4O4/c1-35-22-12-11-20(25(17-22)36-2)13-15-30-27(33)21-9-7-19(8-10-21)18-32-26-23(5-3-14-29-26)31-16-4-6-24(31)28(32)34/h3-12,14,16-17H,13,15,18H2,1-2H3,(H,30,33). The fourth-order valence-electron chi connectivity index (χ4n) is 4.35. The van der Waals surface area contributed by atoms with Gasteiger partial charge in [-0.3, -0.25) is 14.2 Å². The van der Waals surface area contributed by atoms with Crippen LogP contribution in [0.15, 0.2) is 83.9 Å². The first-order valence-electron chi connectivity index (χ1n) is 11.6. The lowest BCUT2D eigenvalue weighted by atomic mass is 10.1. The largest absolute Gasteiger partial charge is 0.497 e. The van der Waals surface area contributed by atoms with E-state index in [0.717, 1.165) is 28.1 Å². The van der Waals surface area contributed by atoms with Crippen LogP contribution in [0.5, 0.6) is 11.5 Å². The Kier molecular flexibility index (Phi) is 6.40. The number of fused-ring (bicyclic) bond motifs is 3. The predicted octanol–water partition coefficient (Wildman–Crippen LogP) is 3.69. The van der Waals surface area contributed by atoms with Gasteiger partial charge in [0, 0.05) is 30.6 Å². The molecular formula is C28H26N4O4. The molecule has 8 heteroatoms. The average Bonchev–Trinajstić information content (AvgIpc) is 3.42. The van der Waals surface area contributed by atoms with Crippen molar-refractivity contribution in [2.75, 3.05) is 20.8 Å². The fourth-order valence-corrected chi connectivity index (χ4v) is 4.35. The van der Waals surface area contributed by atoms with E-state index in [0.29, 0.717) is 36.2 Å². The van der Waals surface area contributed by atoms with E-state index in [9.17, 15) is 9.59 Å². The Morgan fingerprint density at radius 3 is 2.56 bits per heavy atom. The second kappa shape index (κ2) is 9.95. The van der Waals surface area contributed by atoms with E-state index in [4.69, 9.17) is 9.47 Å². The number of carbonyl (C=O) groups is 1. The first kappa shape index (κ1) is 23.2. The van der Waals surface area contributed by atoms with Crippen LogP contribution in [0.2, 0.25) is 0 Å². The van der Waals surface area contributed by atoms with Crippen LogP contribution in [0.25, 0.3) is 16.7 Å². The zero-order valence-electron chi connectivity index (χ0n) is 20.1. The molecule has 0 aliphatic heterocycles. The second-order valence-electron chi connectivity index (χ2n) is 8.38. The Morgan fingerprint density at radius 2 is 1.78 bits per heavy atom. The molecule has 0 fully saturated rings. The van der Waals surface area contributed by atoms with Crippen molar-refractivity contribution < 1.29 is 14.3 Å². The summed E-state index contributed by atoms with van der Waals surface area (Å²) < 4.78 is 14.2. The molecule has 1 amide bonds. The van der Waals surface area contributed by atoms with E-state index in [1.165, 1.54) is 0 Å². The van der Waals surface area contributed by atoms with Gasteiger partial charge in [-0.1, -0.05) is 18.2 Å². The molecule has 0 atom stereocenters. The number of hydrogen-bond acceptors (Lipinski definition) is 5. The zero-order chi connectivity index (χ0) is 25.1. The number of methoxy groups -OCH3 is 2. The second-order valence-corrected chi connectivity index (χ2v) is 8.38. The van der Waals surface area contributed by atoms with E-state index in [1.54, 1.807) is 43.2 Å². The molecule has 0 aliphatic carbocycles. The van der Waals surface area contributed by atoms with Crippen molar-refractivity contribution in [1.29, 1.82) is 0 Å². The highest BCUT2D eigenvalue weighted by atomic mass is 16.5. The van der Waals surface area contributed by atoms with Crippen molar-refractivity contribution >= 4 is 22.6 Å². The molecule has 3 heterocycles. The number of aromatic nitrogens is 3. The molecule has 0 spiro atoms. The van der Waals surface area contributed by atoms with Gasteiger partial charge in [0.1, 0.15) is 17.0 Å². The lowest BCUT2D eigenvalue weighted by Crippen LogP contribution is -2.26. The molecular weight excluding hydrogens is 456 g/mol. The molecule has 0 saturated heterocycles. The Balaban J connectivity index is 1.28. The topological polar surface area (TPSA) is 86.9 Å². The van der Waals surface area contributed by atoms with Crippen molar-refractivity contribution in [3.63, 3.8) is 0 Å². The summed E-state index contributed by atoms with van der Waals surface area (Å²) in [6, 6.07) is 20.4. The van der Waals surface area contributed by atoms with Crippen LogP contribution in [0.4, 0.5) is 0 Å². The summed E-state index contributed by atoms with van der Waals surface area (Å²) in [5.41, 5.74) is 4.41. The molecule has 36 heavy (non-hydrogen) atoms. The van der Waals surface area contributed by atoms with Crippen LogP contribution in [-0.2, 0) is 13.0 Å². The van der Waals surface area contributed by atoms with E-state index < -0.39 is 0 Å². The number of carbonyl (C=O) groups excluding carboxylic acids is 1. The van der Waals surface area contributed by atoms with Crippen LogP contribution in [0.3, 0.4) is 0 Å². The monoisotopic (exact) mass is 482 g/mol. The van der Waals surface area contributed by atoms with Crippen LogP contribution < -0.4 is 20.3 Å². The van der Waals surface area contributed by atoms with Crippen molar-refractivity contribution in [2.45, 2.75) is 13.0 Å². The van der Waals surface area contributed by atoms with Crippen LogP contribution in [-0.4, -0.2) is 40.6 Å². The fraction of sp³-hybridized carbons (Fsp3) is 0.179. The maximum atomic E-state index is 13.1. The normalized spacial score (nSPS) is 11.1. The Labute approximate surface area is 207 Å². The number of ether oxygens (including phenoxy) is 2. The van der Waals surface area contributed by atoms with Crippen LogP contribution in [0.1, 0.15) is 21.5 Å². The number of pyridine rings is 1. The lowest BCUT2D eigenvalue weighted by Gasteiger charge is -2.12. The minimum atomic E-state index is -0.159. The van der Waals surface area contributed by atoms with E-state index in [2.05, 4.69) is 10.3 Å². The average molecular weight is 483 g/mol. The SMILES string of the molecule is COc1ccc(CCNC(=O)c2ccc(Cn3c(=O)c4cccn4c4cccnc43)cc2)c(OC)c1. The summed E-state index contributed by atoms with van der Waals surface area (Å²) in [6.45, 7) is 0.820. The highest BCUT2D eigenvalue weighted by Crippen LogP contribution is 2.24. The van der Waals surface area contributed by atoms with Crippen LogP contribution in [0, 0.1) is 0 Å². The molecule has 8 nitrogen and oxygen atoms in total. The Morgan fingerprint density at radius 1 is 0.972 bits per heavy atom. The smallest absolute Gasteiger partial charge is 0.276 e. The minimum absolute atomic E-state index is 0.109. The van der Waals surface area contributed by atoms with Gasteiger partial charge in [0.25, 0.3) is 11.5 Å².